The molecule has 58 valence electrons. The van der Waals surface area contributed by atoms with Gasteiger partial charge in [-0.3, -0.25) is 0 Å². The van der Waals surface area contributed by atoms with Crippen LogP contribution in [0.15, 0.2) is 24.3 Å². The summed E-state index contributed by atoms with van der Waals surface area (Å²) in [6.45, 7) is 6.53. The highest BCUT2D eigenvalue weighted by atomic mass is 14.0. The molecule has 0 aromatic rings. The van der Waals surface area contributed by atoms with Gasteiger partial charge < -0.3 is 0 Å². The van der Waals surface area contributed by atoms with Crippen LogP contribution in [0.2, 0.25) is 0 Å². The third-order valence-corrected chi connectivity index (χ3v) is 1.44. The molecular formula is C10H18. The molecule has 0 nitrogen and oxygen atoms in total. The average molecular weight is 138 g/mol. The van der Waals surface area contributed by atoms with Crippen LogP contribution in [-0.2, 0) is 0 Å². The summed E-state index contributed by atoms with van der Waals surface area (Å²) in [5.41, 5.74) is 0. The molecule has 0 aromatic heterocycles. The first-order chi connectivity index (χ1) is 4.81. The van der Waals surface area contributed by atoms with Crippen LogP contribution in [-0.4, -0.2) is 0 Å². The molecule has 0 N–H and O–H groups in total. The smallest absolute Gasteiger partial charge is 0.00756 e. The lowest BCUT2D eigenvalue weighted by molar-refractivity contribution is 0.886. The number of rotatable bonds is 1. The highest BCUT2D eigenvalue weighted by Crippen LogP contribution is 2.04. The predicted octanol–water partition coefficient (Wildman–Crippen LogP) is 3.55. The molecule has 0 aliphatic heterocycles. The molecule has 0 atom stereocenters. The van der Waals surface area contributed by atoms with Gasteiger partial charge in [-0.05, 0) is 5.92 Å². The highest BCUT2D eigenvalue weighted by molar-refractivity contribution is 5.15. The molecule has 0 heteroatoms. The van der Waals surface area contributed by atoms with Gasteiger partial charge >= 0.3 is 0 Å². The molecule has 0 radical (unpaired) electrons. The summed E-state index contributed by atoms with van der Waals surface area (Å²) < 4.78 is 0. The fourth-order valence-corrected chi connectivity index (χ4v) is 0.543. The van der Waals surface area contributed by atoms with Crippen molar-refractivity contribution in [1.29, 1.82) is 0 Å². The molecule has 0 fully saturated rings. The van der Waals surface area contributed by atoms with Gasteiger partial charge in [-0.25, -0.2) is 0 Å². The minimum absolute atomic E-state index is 0.685. The fraction of sp³-hybridized carbons (Fsp3) is 0.600. The quantitative estimate of drug-likeness (QED) is 0.519. The maximum absolute atomic E-state index is 2.18. The van der Waals surface area contributed by atoms with E-state index >= 15 is 0 Å². The normalized spacial score (nSPS) is 15.1. The lowest BCUT2D eigenvalue weighted by atomic mass is 10.2. The molecule has 0 saturated carbocycles. The molecule has 1 aliphatic carbocycles. The summed E-state index contributed by atoms with van der Waals surface area (Å²) in [5, 5.41) is 0. The van der Waals surface area contributed by atoms with Crippen molar-refractivity contribution in [3.63, 3.8) is 0 Å². The molecule has 0 heterocycles. The second kappa shape index (κ2) is 6.60. The van der Waals surface area contributed by atoms with Gasteiger partial charge in [0.2, 0.25) is 0 Å². The Morgan fingerprint density at radius 3 is 1.50 bits per heavy atom. The van der Waals surface area contributed by atoms with Crippen molar-refractivity contribution in [2.75, 3.05) is 0 Å². The predicted molar refractivity (Wildman–Crippen MR) is 48.0 cm³/mol. The SMILES string of the molecule is CC1C=CC=C1.CCCC. The largest absolute Gasteiger partial charge is 0.0779 e. The zero-order valence-electron chi connectivity index (χ0n) is 7.30. The van der Waals surface area contributed by atoms with E-state index < -0.39 is 0 Å². The summed E-state index contributed by atoms with van der Waals surface area (Å²) in [6.07, 6.45) is 11.1. The summed E-state index contributed by atoms with van der Waals surface area (Å²) in [7, 11) is 0. The number of allylic oxidation sites excluding steroid dienone is 4. The van der Waals surface area contributed by atoms with Crippen LogP contribution in [0.3, 0.4) is 0 Å². The Morgan fingerprint density at radius 1 is 1.00 bits per heavy atom. The lowest BCUT2D eigenvalue weighted by Gasteiger charge is -1.84. The van der Waals surface area contributed by atoms with Gasteiger partial charge in [-0.2, -0.15) is 0 Å². The van der Waals surface area contributed by atoms with Crippen molar-refractivity contribution >= 4 is 0 Å². The molecule has 0 bridgehead atoms. The van der Waals surface area contributed by atoms with Crippen LogP contribution in [0.1, 0.15) is 33.6 Å². The Morgan fingerprint density at radius 2 is 1.40 bits per heavy atom. The average Bonchev–Trinajstić information content (AvgIpc) is 2.40. The summed E-state index contributed by atoms with van der Waals surface area (Å²) in [4.78, 5) is 0. The van der Waals surface area contributed by atoms with Crippen molar-refractivity contribution in [2.45, 2.75) is 33.6 Å². The molecule has 1 rings (SSSR count). The highest BCUT2D eigenvalue weighted by Gasteiger charge is 1.89. The van der Waals surface area contributed by atoms with E-state index in [1.165, 1.54) is 12.8 Å². The first-order valence-corrected chi connectivity index (χ1v) is 4.16. The third kappa shape index (κ3) is 5.61. The van der Waals surface area contributed by atoms with Gasteiger partial charge in [-0.15, -0.1) is 0 Å². The zero-order valence-corrected chi connectivity index (χ0v) is 7.30. The van der Waals surface area contributed by atoms with E-state index in [1.807, 2.05) is 0 Å². The maximum Gasteiger partial charge on any atom is -0.00756 e. The molecule has 1 aliphatic rings. The lowest BCUT2D eigenvalue weighted by Crippen LogP contribution is -1.72. The Hall–Kier alpha value is -0.520. The monoisotopic (exact) mass is 138 g/mol. The van der Waals surface area contributed by atoms with E-state index in [-0.39, 0.29) is 0 Å². The summed E-state index contributed by atoms with van der Waals surface area (Å²) in [5.74, 6) is 0.685. The fourth-order valence-electron chi connectivity index (χ4n) is 0.543. The number of unbranched alkanes of at least 4 members (excludes halogenated alkanes) is 1. The summed E-state index contributed by atoms with van der Waals surface area (Å²) in [6, 6.07) is 0. The van der Waals surface area contributed by atoms with Crippen LogP contribution >= 0.6 is 0 Å². The minimum atomic E-state index is 0.685. The van der Waals surface area contributed by atoms with E-state index in [0.717, 1.165) is 0 Å². The molecule has 0 unspecified atom stereocenters. The van der Waals surface area contributed by atoms with Gasteiger partial charge in [0.05, 0.1) is 0 Å². The second-order valence-corrected chi connectivity index (χ2v) is 2.63. The Labute approximate surface area is 64.6 Å². The third-order valence-electron chi connectivity index (χ3n) is 1.44. The van der Waals surface area contributed by atoms with Gasteiger partial charge in [0.15, 0.2) is 0 Å². The van der Waals surface area contributed by atoms with E-state index in [1.54, 1.807) is 0 Å². The Kier molecular flexibility index (Phi) is 6.25. The molecule has 0 amide bonds. The maximum atomic E-state index is 2.18. The van der Waals surface area contributed by atoms with Crippen molar-refractivity contribution in [3.05, 3.63) is 24.3 Å². The Bertz CT molecular complexity index is 95.2. The van der Waals surface area contributed by atoms with Crippen LogP contribution in [0.25, 0.3) is 0 Å². The van der Waals surface area contributed by atoms with Gasteiger partial charge in [-0.1, -0.05) is 57.9 Å². The molecule has 0 spiro atoms. The van der Waals surface area contributed by atoms with Crippen molar-refractivity contribution in [2.24, 2.45) is 5.92 Å². The molecule has 10 heavy (non-hydrogen) atoms. The van der Waals surface area contributed by atoms with Crippen LogP contribution in [0.4, 0.5) is 0 Å². The standard InChI is InChI=1S/C6H8.C4H10/c1-6-4-2-3-5-6;1-3-4-2/h2-6H,1H3;3-4H2,1-2H3. The summed E-state index contributed by atoms with van der Waals surface area (Å²) >= 11 is 0. The number of hydrogen-bond acceptors (Lipinski definition) is 0. The van der Waals surface area contributed by atoms with Gasteiger partial charge in [0.25, 0.3) is 0 Å². The first kappa shape index (κ1) is 9.48. The number of hydrogen-bond donors (Lipinski definition) is 0. The van der Waals surface area contributed by atoms with E-state index in [0.29, 0.717) is 5.92 Å². The Balaban J connectivity index is 0.000000180. The van der Waals surface area contributed by atoms with E-state index in [4.69, 9.17) is 0 Å². The first-order valence-electron chi connectivity index (χ1n) is 4.16. The van der Waals surface area contributed by atoms with Crippen molar-refractivity contribution in [3.8, 4) is 0 Å². The molecule has 0 saturated heterocycles. The van der Waals surface area contributed by atoms with Crippen molar-refractivity contribution in [1.82, 2.24) is 0 Å². The minimum Gasteiger partial charge on any atom is -0.0779 e. The second-order valence-electron chi connectivity index (χ2n) is 2.63. The van der Waals surface area contributed by atoms with Crippen LogP contribution < -0.4 is 0 Å². The van der Waals surface area contributed by atoms with Crippen LogP contribution in [0.5, 0.6) is 0 Å². The van der Waals surface area contributed by atoms with Gasteiger partial charge in [0.1, 0.15) is 0 Å². The van der Waals surface area contributed by atoms with E-state index in [2.05, 4.69) is 45.1 Å². The topological polar surface area (TPSA) is 0 Å². The van der Waals surface area contributed by atoms with E-state index in [9.17, 15) is 0 Å². The van der Waals surface area contributed by atoms with Gasteiger partial charge in [0, 0.05) is 0 Å². The zero-order chi connectivity index (χ0) is 7.82. The molecular weight excluding hydrogens is 120 g/mol. The van der Waals surface area contributed by atoms with Crippen molar-refractivity contribution < 1.29 is 0 Å². The van der Waals surface area contributed by atoms with Crippen LogP contribution in [0, 0.1) is 5.92 Å². The molecule has 0 aromatic carbocycles.